The topological polar surface area (TPSA) is 59.2 Å². The summed E-state index contributed by atoms with van der Waals surface area (Å²) in [7, 11) is 0. The van der Waals surface area contributed by atoms with E-state index in [1.54, 1.807) is 12.1 Å². The zero-order chi connectivity index (χ0) is 29.1. The predicted molar refractivity (Wildman–Crippen MR) is 168 cm³/mol. The number of aryl methyl sites for hydroxylation is 1. The van der Waals surface area contributed by atoms with Gasteiger partial charge < -0.3 is 9.52 Å². The van der Waals surface area contributed by atoms with Crippen molar-refractivity contribution >= 4 is 22.0 Å². The van der Waals surface area contributed by atoms with Gasteiger partial charge in [0.25, 0.3) is 0 Å². The third-order valence-corrected chi connectivity index (χ3v) is 7.66. The number of aromatic hydroxyl groups is 1. The van der Waals surface area contributed by atoms with Crippen molar-refractivity contribution in [3.63, 3.8) is 0 Å². The van der Waals surface area contributed by atoms with Gasteiger partial charge in [-0.2, -0.15) is 0 Å². The monoisotopic (exact) mass is 734 g/mol. The fourth-order valence-electron chi connectivity index (χ4n) is 5.27. The first kappa shape index (κ1) is 29.7. The second-order valence-corrected chi connectivity index (χ2v) is 13.0. The molecular formula is C37H35N2O2Pt-. The van der Waals surface area contributed by atoms with Crippen molar-refractivity contribution in [2.45, 2.75) is 59.3 Å². The number of oxazole rings is 1. The van der Waals surface area contributed by atoms with Gasteiger partial charge in [0.1, 0.15) is 11.3 Å². The molecule has 216 valence electrons. The molecule has 6 aromatic rings. The molecule has 4 aromatic carbocycles. The second-order valence-electron chi connectivity index (χ2n) is 13.0. The maximum absolute atomic E-state index is 10.5. The zero-order valence-electron chi connectivity index (χ0n) is 25.1. The summed E-state index contributed by atoms with van der Waals surface area (Å²) in [6.07, 6.45) is 1.86. The Hall–Kier alpha value is -3.75. The summed E-state index contributed by atoms with van der Waals surface area (Å²) in [6, 6.07) is 28.2. The summed E-state index contributed by atoms with van der Waals surface area (Å²) in [5.74, 6) is 0.532. The summed E-state index contributed by atoms with van der Waals surface area (Å²) in [4.78, 5) is 9.71. The molecule has 0 atom stereocenters. The Bertz CT molecular complexity index is 1940. The molecule has 1 N–H and O–H groups in total. The predicted octanol–water partition coefficient (Wildman–Crippen LogP) is 9.78. The smallest absolute Gasteiger partial charge is 0.230 e. The van der Waals surface area contributed by atoms with Crippen LogP contribution >= 0.6 is 0 Å². The van der Waals surface area contributed by atoms with Gasteiger partial charge in [0, 0.05) is 32.8 Å². The number of phenolic OH excluding ortho intramolecular Hbond substituents is 1. The summed E-state index contributed by atoms with van der Waals surface area (Å²) in [5.41, 5.74) is 10.3. The van der Waals surface area contributed by atoms with E-state index in [9.17, 15) is 5.11 Å². The Labute approximate surface area is 262 Å². The molecule has 0 saturated heterocycles. The average Bonchev–Trinajstić information content (AvgIpc) is 3.34. The Morgan fingerprint density at radius 2 is 1.36 bits per heavy atom. The van der Waals surface area contributed by atoms with Crippen molar-refractivity contribution in [2.75, 3.05) is 0 Å². The molecule has 0 spiro atoms. The Balaban J connectivity index is 0.00000353. The van der Waals surface area contributed by atoms with Crippen LogP contribution in [0.2, 0.25) is 0 Å². The first-order chi connectivity index (χ1) is 19.4. The number of fused-ring (bicyclic) bond motifs is 2. The van der Waals surface area contributed by atoms with Gasteiger partial charge in [-0.15, -0.1) is 34.9 Å². The van der Waals surface area contributed by atoms with E-state index in [1.807, 2.05) is 30.5 Å². The molecule has 0 aliphatic carbocycles. The summed E-state index contributed by atoms with van der Waals surface area (Å²) in [5, 5.41) is 11.6. The third-order valence-electron chi connectivity index (χ3n) is 7.66. The molecule has 0 unspecified atom stereocenters. The van der Waals surface area contributed by atoms with E-state index >= 15 is 0 Å². The van der Waals surface area contributed by atoms with Crippen LogP contribution in [-0.2, 0) is 31.9 Å². The minimum absolute atomic E-state index is 0. The van der Waals surface area contributed by atoms with Gasteiger partial charge in [-0.3, -0.25) is 4.98 Å². The van der Waals surface area contributed by atoms with Crippen molar-refractivity contribution in [1.29, 1.82) is 0 Å². The van der Waals surface area contributed by atoms with Crippen LogP contribution in [0.3, 0.4) is 0 Å². The van der Waals surface area contributed by atoms with Crippen LogP contribution in [0.25, 0.3) is 55.7 Å². The standard InChI is InChI=1S/C37H35N2O2.Pt/c1-22-15-29(34-32(16-22)41-35(39-34)28-12-8-9-13-31(28)40)24-17-25(20-26(19-24)36(2,3)4)30-21-27(37(5,6)7)18-23-11-10-14-38-33(23)30;/h8-16,18-21,40H,1-7H3;/q-1;. The number of para-hydroxylation sites is 1. The van der Waals surface area contributed by atoms with Crippen molar-refractivity contribution < 1.29 is 30.6 Å². The van der Waals surface area contributed by atoms with Gasteiger partial charge in [0.15, 0.2) is 0 Å². The number of phenols is 1. The van der Waals surface area contributed by atoms with Crippen molar-refractivity contribution in [2.24, 2.45) is 0 Å². The average molecular weight is 735 g/mol. The molecule has 0 amide bonds. The van der Waals surface area contributed by atoms with Gasteiger partial charge in [-0.25, -0.2) is 4.98 Å². The molecule has 0 fully saturated rings. The van der Waals surface area contributed by atoms with E-state index in [1.165, 1.54) is 11.1 Å². The Morgan fingerprint density at radius 3 is 2.02 bits per heavy atom. The Morgan fingerprint density at radius 1 is 0.714 bits per heavy atom. The van der Waals surface area contributed by atoms with Crippen molar-refractivity contribution in [1.82, 2.24) is 9.97 Å². The minimum Gasteiger partial charge on any atom is -0.507 e. The first-order valence-electron chi connectivity index (χ1n) is 14.1. The van der Waals surface area contributed by atoms with E-state index < -0.39 is 0 Å². The number of hydrogen-bond donors (Lipinski definition) is 1. The van der Waals surface area contributed by atoms with Gasteiger partial charge >= 0.3 is 0 Å². The number of nitrogens with zero attached hydrogens (tertiary/aromatic N) is 2. The van der Waals surface area contributed by atoms with Gasteiger partial charge in [-0.1, -0.05) is 94.6 Å². The summed E-state index contributed by atoms with van der Waals surface area (Å²) >= 11 is 0. The number of benzene rings is 4. The maximum atomic E-state index is 10.5. The summed E-state index contributed by atoms with van der Waals surface area (Å²) in [6.45, 7) is 15.5. The van der Waals surface area contributed by atoms with Crippen molar-refractivity contribution in [3.05, 3.63) is 102 Å². The molecule has 0 radical (unpaired) electrons. The van der Waals surface area contributed by atoms with E-state index in [4.69, 9.17) is 14.4 Å². The molecule has 4 nitrogen and oxygen atoms in total. The van der Waals surface area contributed by atoms with E-state index in [2.05, 4.69) is 90.9 Å². The molecule has 0 bridgehead atoms. The van der Waals surface area contributed by atoms with Crippen LogP contribution in [0.15, 0.2) is 83.4 Å². The molecule has 6 rings (SSSR count). The number of pyridine rings is 1. The largest absolute Gasteiger partial charge is 0.507 e. The van der Waals surface area contributed by atoms with Crippen LogP contribution < -0.4 is 0 Å². The molecular weight excluding hydrogens is 699 g/mol. The SMILES string of the molecule is Cc1cc(-c2[c-]c(-c3cc(C(C)(C)C)cc4cccnc34)cc(C(C)(C)C)c2)c2nc(-c3ccccc3O)oc2c1.[Pt]. The Kier molecular flexibility index (Phi) is 7.66. The van der Waals surface area contributed by atoms with Crippen LogP contribution in [0.5, 0.6) is 5.75 Å². The zero-order valence-corrected chi connectivity index (χ0v) is 27.3. The van der Waals surface area contributed by atoms with E-state index in [0.29, 0.717) is 17.0 Å². The molecule has 0 saturated carbocycles. The van der Waals surface area contributed by atoms with Gasteiger partial charge in [0.2, 0.25) is 5.89 Å². The normalized spacial score (nSPS) is 12.1. The first-order valence-corrected chi connectivity index (χ1v) is 14.1. The number of aromatic nitrogens is 2. The molecule has 42 heavy (non-hydrogen) atoms. The fourth-order valence-corrected chi connectivity index (χ4v) is 5.27. The fraction of sp³-hybridized carbons (Fsp3) is 0.243. The summed E-state index contributed by atoms with van der Waals surface area (Å²) < 4.78 is 6.21. The van der Waals surface area contributed by atoms with Crippen LogP contribution in [0.1, 0.15) is 58.2 Å². The van der Waals surface area contributed by atoms with Gasteiger partial charge in [-0.05, 0) is 53.0 Å². The maximum Gasteiger partial charge on any atom is 0.230 e. The quantitative estimate of drug-likeness (QED) is 0.184. The molecule has 0 aliphatic heterocycles. The minimum atomic E-state index is -0.1000. The molecule has 0 aliphatic rings. The van der Waals surface area contributed by atoms with Crippen LogP contribution in [0, 0.1) is 13.0 Å². The molecule has 2 heterocycles. The number of rotatable bonds is 3. The van der Waals surface area contributed by atoms with E-state index in [-0.39, 0.29) is 37.6 Å². The molecule has 5 heteroatoms. The second kappa shape index (κ2) is 10.8. The number of hydrogen-bond acceptors (Lipinski definition) is 4. The van der Waals surface area contributed by atoms with Crippen molar-refractivity contribution in [3.8, 4) is 39.5 Å². The van der Waals surface area contributed by atoms with E-state index in [0.717, 1.165) is 44.2 Å². The van der Waals surface area contributed by atoms with Gasteiger partial charge in [0.05, 0.1) is 11.1 Å². The molecule has 2 aromatic heterocycles. The van der Waals surface area contributed by atoms with Crippen LogP contribution in [0.4, 0.5) is 0 Å². The third kappa shape index (κ3) is 5.53. The van der Waals surface area contributed by atoms with Crippen LogP contribution in [-0.4, -0.2) is 15.1 Å².